The second kappa shape index (κ2) is 6.47. The Morgan fingerprint density at radius 1 is 1.24 bits per heavy atom. The molecule has 0 aromatic heterocycles. The zero-order chi connectivity index (χ0) is 15.5. The fourth-order valence-electron chi connectivity index (χ4n) is 2.77. The first-order valence-electron chi connectivity index (χ1n) is 7.06. The Hall–Kier alpha value is -1.56. The molecule has 3 N–H and O–H groups in total. The maximum absolute atomic E-state index is 12.7. The van der Waals surface area contributed by atoms with Crippen LogP contribution in [-0.4, -0.2) is 36.5 Å². The molecule has 1 aromatic rings. The van der Waals surface area contributed by atoms with Crippen LogP contribution >= 0.6 is 0 Å². The van der Waals surface area contributed by atoms with Gasteiger partial charge in [-0.3, -0.25) is 5.41 Å². The number of nitrogens with zero attached hydrogens (tertiary/aromatic N) is 1. The van der Waals surface area contributed by atoms with Gasteiger partial charge in [0.15, 0.2) is 0 Å². The first-order chi connectivity index (χ1) is 9.88. The van der Waals surface area contributed by atoms with E-state index in [4.69, 9.17) is 11.1 Å². The SMILES string of the molecule is N=C(N)C(CN1CCC(C(F)(F)F)CC1)c1ccccc1. The summed E-state index contributed by atoms with van der Waals surface area (Å²) in [7, 11) is 0. The van der Waals surface area contributed by atoms with Crippen LogP contribution in [0.3, 0.4) is 0 Å². The lowest BCUT2D eigenvalue weighted by Gasteiger charge is -2.34. The molecule has 1 aromatic carbocycles. The highest BCUT2D eigenvalue weighted by Crippen LogP contribution is 2.34. The van der Waals surface area contributed by atoms with Crippen molar-refractivity contribution in [2.45, 2.75) is 24.9 Å². The van der Waals surface area contributed by atoms with Gasteiger partial charge in [-0.2, -0.15) is 13.2 Å². The molecule has 1 fully saturated rings. The number of amidine groups is 1. The van der Waals surface area contributed by atoms with Gasteiger partial charge >= 0.3 is 6.18 Å². The monoisotopic (exact) mass is 299 g/mol. The molecule has 0 aliphatic carbocycles. The minimum atomic E-state index is -4.09. The van der Waals surface area contributed by atoms with Crippen LogP contribution in [0.1, 0.15) is 24.3 Å². The molecule has 2 rings (SSSR count). The van der Waals surface area contributed by atoms with E-state index < -0.39 is 12.1 Å². The van der Waals surface area contributed by atoms with E-state index in [1.165, 1.54) is 0 Å². The second-order valence-corrected chi connectivity index (χ2v) is 5.54. The molecule has 116 valence electrons. The summed E-state index contributed by atoms with van der Waals surface area (Å²) in [4.78, 5) is 1.97. The largest absolute Gasteiger partial charge is 0.391 e. The highest BCUT2D eigenvalue weighted by molar-refractivity contribution is 5.84. The Balaban J connectivity index is 1.96. The summed E-state index contributed by atoms with van der Waals surface area (Å²) >= 11 is 0. The Morgan fingerprint density at radius 2 is 1.81 bits per heavy atom. The Labute approximate surface area is 122 Å². The van der Waals surface area contributed by atoms with Crippen LogP contribution < -0.4 is 5.73 Å². The van der Waals surface area contributed by atoms with Gasteiger partial charge < -0.3 is 10.6 Å². The summed E-state index contributed by atoms with van der Waals surface area (Å²) in [6, 6.07) is 9.43. The van der Waals surface area contributed by atoms with Gasteiger partial charge in [-0.05, 0) is 31.5 Å². The van der Waals surface area contributed by atoms with E-state index in [-0.39, 0.29) is 24.6 Å². The predicted octanol–water partition coefficient (Wildman–Crippen LogP) is 2.98. The zero-order valence-electron chi connectivity index (χ0n) is 11.7. The smallest absolute Gasteiger partial charge is 0.387 e. The van der Waals surface area contributed by atoms with Crippen LogP contribution in [0.2, 0.25) is 0 Å². The minimum Gasteiger partial charge on any atom is -0.387 e. The van der Waals surface area contributed by atoms with Crippen LogP contribution in [0, 0.1) is 11.3 Å². The molecular weight excluding hydrogens is 279 g/mol. The number of piperidine rings is 1. The molecular formula is C15H20F3N3. The van der Waals surface area contributed by atoms with Crippen LogP contribution in [-0.2, 0) is 0 Å². The molecule has 0 amide bonds. The fraction of sp³-hybridized carbons (Fsp3) is 0.533. The second-order valence-electron chi connectivity index (χ2n) is 5.54. The normalized spacial score (nSPS) is 19.4. The van der Waals surface area contributed by atoms with Gasteiger partial charge in [0.25, 0.3) is 0 Å². The third kappa shape index (κ3) is 4.20. The molecule has 0 saturated carbocycles. The van der Waals surface area contributed by atoms with Crippen LogP contribution in [0.25, 0.3) is 0 Å². The van der Waals surface area contributed by atoms with E-state index in [9.17, 15) is 13.2 Å². The van der Waals surface area contributed by atoms with E-state index in [1.807, 2.05) is 35.2 Å². The van der Waals surface area contributed by atoms with E-state index >= 15 is 0 Å². The summed E-state index contributed by atoms with van der Waals surface area (Å²) < 4.78 is 38.0. The predicted molar refractivity (Wildman–Crippen MR) is 76.3 cm³/mol. The zero-order valence-corrected chi connectivity index (χ0v) is 11.7. The van der Waals surface area contributed by atoms with Crippen molar-refractivity contribution in [3.63, 3.8) is 0 Å². The molecule has 0 radical (unpaired) electrons. The molecule has 21 heavy (non-hydrogen) atoms. The first kappa shape index (κ1) is 15.8. The molecule has 0 spiro atoms. The number of nitrogens with two attached hydrogens (primary N) is 1. The van der Waals surface area contributed by atoms with Crippen molar-refractivity contribution in [3.8, 4) is 0 Å². The Bertz CT molecular complexity index is 465. The number of rotatable bonds is 4. The van der Waals surface area contributed by atoms with Gasteiger partial charge in [-0.15, -0.1) is 0 Å². The maximum Gasteiger partial charge on any atom is 0.391 e. The summed E-state index contributed by atoms with van der Waals surface area (Å²) in [5, 5.41) is 7.72. The average molecular weight is 299 g/mol. The van der Waals surface area contributed by atoms with Crippen molar-refractivity contribution < 1.29 is 13.2 Å². The highest BCUT2D eigenvalue weighted by Gasteiger charge is 2.41. The van der Waals surface area contributed by atoms with Gasteiger partial charge in [0.2, 0.25) is 0 Å². The van der Waals surface area contributed by atoms with Crippen molar-refractivity contribution in [3.05, 3.63) is 35.9 Å². The van der Waals surface area contributed by atoms with E-state index in [0.717, 1.165) is 5.56 Å². The van der Waals surface area contributed by atoms with Gasteiger partial charge in [-0.25, -0.2) is 0 Å². The summed E-state index contributed by atoms with van der Waals surface area (Å²) in [6.07, 6.45) is -3.84. The quantitative estimate of drug-likeness (QED) is 0.663. The molecule has 1 aliphatic heterocycles. The Kier molecular flexibility index (Phi) is 4.88. The number of likely N-dealkylation sites (tertiary alicyclic amines) is 1. The number of alkyl halides is 3. The van der Waals surface area contributed by atoms with Gasteiger partial charge in [-0.1, -0.05) is 30.3 Å². The number of halogens is 3. The van der Waals surface area contributed by atoms with E-state index in [1.54, 1.807) is 0 Å². The van der Waals surface area contributed by atoms with Crippen LogP contribution in [0.4, 0.5) is 13.2 Å². The van der Waals surface area contributed by atoms with Crippen molar-refractivity contribution in [1.82, 2.24) is 4.90 Å². The molecule has 6 heteroatoms. The molecule has 0 bridgehead atoms. The first-order valence-corrected chi connectivity index (χ1v) is 7.06. The lowest BCUT2D eigenvalue weighted by Crippen LogP contribution is -2.42. The molecule has 1 atom stereocenters. The van der Waals surface area contributed by atoms with Crippen molar-refractivity contribution in [2.75, 3.05) is 19.6 Å². The van der Waals surface area contributed by atoms with Gasteiger partial charge in [0.05, 0.1) is 17.7 Å². The average Bonchev–Trinajstić information content (AvgIpc) is 2.45. The summed E-state index contributed by atoms with van der Waals surface area (Å²) in [6.45, 7) is 1.31. The number of benzene rings is 1. The lowest BCUT2D eigenvalue weighted by molar-refractivity contribution is -0.185. The van der Waals surface area contributed by atoms with E-state index in [2.05, 4.69) is 0 Å². The van der Waals surface area contributed by atoms with Crippen molar-refractivity contribution >= 4 is 5.84 Å². The number of nitrogens with one attached hydrogen (secondary N) is 1. The maximum atomic E-state index is 12.7. The topological polar surface area (TPSA) is 53.1 Å². The Morgan fingerprint density at radius 3 is 2.29 bits per heavy atom. The van der Waals surface area contributed by atoms with Gasteiger partial charge in [0, 0.05) is 6.54 Å². The molecule has 1 heterocycles. The van der Waals surface area contributed by atoms with Crippen molar-refractivity contribution in [1.29, 1.82) is 5.41 Å². The standard InChI is InChI=1S/C15H20F3N3/c16-15(17,18)12-6-8-21(9-7-12)10-13(14(19)20)11-4-2-1-3-5-11/h1-5,12-13H,6-10H2,(H3,19,20). The summed E-state index contributed by atoms with van der Waals surface area (Å²) in [5.41, 5.74) is 6.59. The lowest BCUT2D eigenvalue weighted by atomic mass is 9.93. The summed E-state index contributed by atoms with van der Waals surface area (Å²) in [5.74, 6) is -1.39. The minimum absolute atomic E-state index is 0.0548. The van der Waals surface area contributed by atoms with E-state index in [0.29, 0.717) is 19.6 Å². The highest BCUT2D eigenvalue weighted by atomic mass is 19.4. The number of hydrogen-bond donors (Lipinski definition) is 2. The third-order valence-corrected chi connectivity index (χ3v) is 4.07. The fourth-order valence-corrected chi connectivity index (χ4v) is 2.77. The molecule has 1 aliphatic rings. The molecule has 1 saturated heterocycles. The van der Waals surface area contributed by atoms with Crippen molar-refractivity contribution in [2.24, 2.45) is 11.7 Å². The third-order valence-electron chi connectivity index (χ3n) is 4.07. The van der Waals surface area contributed by atoms with Crippen LogP contribution in [0.5, 0.6) is 0 Å². The van der Waals surface area contributed by atoms with Crippen LogP contribution in [0.15, 0.2) is 30.3 Å². The molecule has 3 nitrogen and oxygen atoms in total. The van der Waals surface area contributed by atoms with Gasteiger partial charge in [0.1, 0.15) is 0 Å². The number of hydrogen-bond acceptors (Lipinski definition) is 2. The molecule has 1 unspecified atom stereocenters.